The van der Waals surface area contributed by atoms with Crippen LogP contribution in [0.5, 0.6) is 0 Å². The molecule has 1 aromatic carbocycles. The highest BCUT2D eigenvalue weighted by atomic mass is 28.2. The van der Waals surface area contributed by atoms with Crippen molar-refractivity contribution in [2.45, 2.75) is 25.9 Å². The van der Waals surface area contributed by atoms with Crippen molar-refractivity contribution in [3.8, 4) is 0 Å². The van der Waals surface area contributed by atoms with Crippen LogP contribution in [-0.4, -0.2) is 19.0 Å². The summed E-state index contributed by atoms with van der Waals surface area (Å²) in [5.41, 5.74) is 0. The first kappa shape index (κ1) is 9.74. The average Bonchev–Trinajstić information content (AvgIpc) is 2.09. The van der Waals surface area contributed by atoms with E-state index in [1.807, 2.05) is 0 Å². The van der Waals surface area contributed by atoms with Gasteiger partial charge in [0.25, 0.3) is 0 Å². The topological polar surface area (TPSA) is 0 Å². The van der Waals surface area contributed by atoms with E-state index in [9.17, 15) is 0 Å². The minimum absolute atomic E-state index is 0.0845. The van der Waals surface area contributed by atoms with Crippen LogP contribution in [0.1, 0.15) is 13.8 Å². The molecule has 0 radical (unpaired) electrons. The lowest BCUT2D eigenvalue weighted by molar-refractivity contribution is 1.45. The van der Waals surface area contributed by atoms with Gasteiger partial charge in [-0.2, -0.15) is 0 Å². The van der Waals surface area contributed by atoms with Crippen LogP contribution in [0.2, 0.25) is 12.1 Å². The summed E-state index contributed by atoms with van der Waals surface area (Å²) in [6.07, 6.45) is 0. The van der Waals surface area contributed by atoms with E-state index in [1.165, 1.54) is 12.1 Å². The zero-order chi connectivity index (χ0) is 8.81. The Bertz CT molecular complexity index is 208. The number of rotatable bonds is 4. The molecular weight excluding hydrogens is 176 g/mol. The van der Waals surface area contributed by atoms with Crippen LogP contribution in [-0.2, 0) is 0 Å². The predicted octanol–water partition coefficient (Wildman–Crippen LogP) is 0.151. The van der Waals surface area contributed by atoms with Crippen molar-refractivity contribution in [1.29, 1.82) is 0 Å². The molecule has 0 fully saturated rings. The smallest absolute Gasteiger partial charge is 0.0543 e. The van der Waals surface area contributed by atoms with Crippen molar-refractivity contribution in [3.05, 3.63) is 24.3 Å². The lowest BCUT2D eigenvalue weighted by atomic mass is 10.4. The van der Waals surface area contributed by atoms with Gasteiger partial charge in [0.1, 0.15) is 0 Å². The maximum atomic E-state index is 2.35. The Balaban J connectivity index is 2.77. The molecule has 1 aromatic rings. The second-order valence-electron chi connectivity index (χ2n) is 3.27. The third kappa shape index (κ3) is 2.61. The van der Waals surface area contributed by atoms with E-state index < -0.39 is 0 Å². The van der Waals surface area contributed by atoms with Crippen molar-refractivity contribution in [3.63, 3.8) is 0 Å². The maximum Gasteiger partial charge on any atom is 0.0543 e. The van der Waals surface area contributed by atoms with Crippen LogP contribution in [0.4, 0.5) is 0 Å². The molecule has 0 atom stereocenters. The summed E-state index contributed by atoms with van der Waals surface area (Å²) in [4.78, 5) is 0. The van der Waals surface area contributed by atoms with Gasteiger partial charge in [-0.05, 0) is 0 Å². The van der Waals surface area contributed by atoms with Crippen molar-refractivity contribution in [2.24, 2.45) is 0 Å². The Morgan fingerprint density at radius 3 is 1.67 bits per heavy atom. The zero-order valence-electron chi connectivity index (χ0n) is 8.14. The number of hydrogen-bond acceptors (Lipinski definition) is 0. The van der Waals surface area contributed by atoms with Gasteiger partial charge < -0.3 is 0 Å². The fourth-order valence-corrected chi connectivity index (χ4v) is 5.21. The van der Waals surface area contributed by atoms with Gasteiger partial charge in [0.05, 0.1) is 19.0 Å². The molecule has 0 N–H and O–H groups in total. The fourth-order valence-electron chi connectivity index (χ4n) is 1.58. The van der Waals surface area contributed by atoms with Crippen LogP contribution in [0.3, 0.4) is 0 Å². The molecule has 1 rings (SSSR count). The van der Waals surface area contributed by atoms with Gasteiger partial charge in [-0.25, -0.2) is 0 Å². The van der Waals surface area contributed by atoms with Crippen molar-refractivity contribution in [2.75, 3.05) is 0 Å². The molecule has 66 valence electrons. The van der Waals surface area contributed by atoms with Crippen LogP contribution in [0.25, 0.3) is 0 Å². The first-order valence-electron chi connectivity index (χ1n) is 4.95. The normalized spacial score (nSPS) is 12.2. The van der Waals surface area contributed by atoms with Crippen LogP contribution in [0, 0.1) is 0 Å². The second kappa shape index (κ2) is 5.33. The quantitative estimate of drug-likeness (QED) is 0.599. The highest BCUT2D eigenvalue weighted by Gasteiger charge is 1.98. The van der Waals surface area contributed by atoms with Gasteiger partial charge >= 0.3 is 0 Å². The van der Waals surface area contributed by atoms with Gasteiger partial charge in [-0.15, -0.1) is 0 Å². The summed E-state index contributed by atoms with van der Waals surface area (Å²) >= 11 is 0. The van der Waals surface area contributed by atoms with Crippen molar-refractivity contribution in [1.82, 2.24) is 0 Å². The molecule has 0 bridgehead atoms. The lowest BCUT2D eigenvalue weighted by Gasteiger charge is -2.05. The molecule has 0 aliphatic rings. The average molecular weight is 194 g/mol. The molecule has 0 unspecified atom stereocenters. The summed E-state index contributed by atoms with van der Waals surface area (Å²) in [5.74, 6) is 0. The summed E-state index contributed by atoms with van der Waals surface area (Å²) in [6.45, 7) is 4.63. The van der Waals surface area contributed by atoms with Gasteiger partial charge in [0.2, 0.25) is 0 Å². The first-order valence-corrected chi connectivity index (χ1v) is 8.36. The molecular formula is C10H18Si2. The molecule has 0 aromatic heterocycles. The molecule has 0 amide bonds. The van der Waals surface area contributed by atoms with E-state index in [2.05, 4.69) is 38.1 Å². The molecule has 0 saturated heterocycles. The molecule has 0 heterocycles. The lowest BCUT2D eigenvalue weighted by Crippen LogP contribution is -2.34. The third-order valence-electron chi connectivity index (χ3n) is 2.16. The Kier molecular flexibility index (Phi) is 4.32. The molecule has 0 nitrogen and oxygen atoms in total. The Labute approximate surface area is 80.0 Å². The van der Waals surface area contributed by atoms with Gasteiger partial charge in [-0.1, -0.05) is 60.6 Å². The Morgan fingerprint density at radius 1 is 0.917 bits per heavy atom. The van der Waals surface area contributed by atoms with Gasteiger partial charge in [0.15, 0.2) is 0 Å². The fraction of sp³-hybridized carbons (Fsp3) is 0.400. The summed E-state index contributed by atoms with van der Waals surface area (Å²) in [7, 11) is 0.169. The van der Waals surface area contributed by atoms with E-state index in [0.29, 0.717) is 0 Å². The van der Waals surface area contributed by atoms with Crippen LogP contribution < -0.4 is 10.4 Å². The van der Waals surface area contributed by atoms with Gasteiger partial charge in [0, 0.05) is 0 Å². The van der Waals surface area contributed by atoms with E-state index in [1.54, 1.807) is 10.4 Å². The van der Waals surface area contributed by atoms with E-state index in [4.69, 9.17) is 0 Å². The molecule has 12 heavy (non-hydrogen) atoms. The van der Waals surface area contributed by atoms with Crippen molar-refractivity contribution >= 4 is 29.4 Å². The van der Waals surface area contributed by atoms with E-state index in [0.717, 1.165) is 0 Å². The Morgan fingerprint density at radius 2 is 1.33 bits per heavy atom. The molecule has 0 saturated carbocycles. The minimum atomic E-state index is 0.0845. The van der Waals surface area contributed by atoms with Gasteiger partial charge in [-0.3, -0.25) is 0 Å². The summed E-state index contributed by atoms with van der Waals surface area (Å²) < 4.78 is 0. The predicted molar refractivity (Wildman–Crippen MR) is 63.8 cm³/mol. The zero-order valence-corrected chi connectivity index (χ0v) is 11.0. The molecule has 0 spiro atoms. The Hall–Kier alpha value is -0.346. The molecule has 0 aliphatic carbocycles. The number of benzene rings is 1. The monoisotopic (exact) mass is 194 g/mol. The number of hydrogen-bond donors (Lipinski definition) is 0. The first-order chi connectivity index (χ1) is 5.88. The standard InChI is InChI=1S/C10H18Si2/c1-3-11-9-7-5-6-8-10(9)12-4-2/h5-8H,3-4,11-12H2,1-2H3. The second-order valence-corrected chi connectivity index (χ2v) is 7.79. The third-order valence-corrected chi connectivity index (χ3v) is 6.11. The molecule has 0 aliphatic heterocycles. The highest BCUT2D eigenvalue weighted by Crippen LogP contribution is 1.84. The minimum Gasteiger partial charge on any atom is -0.0683 e. The summed E-state index contributed by atoms with van der Waals surface area (Å²) in [5, 5.41) is 3.49. The maximum absolute atomic E-state index is 2.35. The largest absolute Gasteiger partial charge is 0.0683 e. The SMILES string of the molecule is CC[SiH2]c1ccccc1[SiH2]CC. The van der Waals surface area contributed by atoms with Crippen molar-refractivity contribution < 1.29 is 0 Å². The van der Waals surface area contributed by atoms with Crippen LogP contribution >= 0.6 is 0 Å². The summed E-state index contributed by atoms with van der Waals surface area (Å²) in [6, 6.07) is 11.9. The van der Waals surface area contributed by atoms with E-state index >= 15 is 0 Å². The highest BCUT2D eigenvalue weighted by molar-refractivity contribution is 6.66. The van der Waals surface area contributed by atoms with E-state index in [-0.39, 0.29) is 19.0 Å². The van der Waals surface area contributed by atoms with Crippen LogP contribution in [0.15, 0.2) is 24.3 Å². The molecule has 2 heteroatoms.